The van der Waals surface area contributed by atoms with E-state index in [1.165, 1.54) is 4.90 Å². The summed E-state index contributed by atoms with van der Waals surface area (Å²) < 4.78 is 0. The van der Waals surface area contributed by atoms with Crippen LogP contribution < -0.4 is 16.8 Å². The second kappa shape index (κ2) is 9.36. The number of rotatable bonds is 9. The number of hydrogen-bond acceptors (Lipinski definition) is 5. The molecular formula is C16H28N4O5. The number of carbonyl (C=O) groups excluding carboxylic acids is 3. The minimum atomic E-state index is -1.04. The van der Waals surface area contributed by atoms with Crippen LogP contribution in [0.3, 0.4) is 0 Å². The van der Waals surface area contributed by atoms with E-state index < -0.39 is 41.8 Å². The molecule has 1 heterocycles. The van der Waals surface area contributed by atoms with Gasteiger partial charge in [-0.1, -0.05) is 20.3 Å². The van der Waals surface area contributed by atoms with E-state index >= 15 is 0 Å². The predicted molar refractivity (Wildman–Crippen MR) is 90.2 cm³/mol. The number of carbonyl (C=O) groups is 4. The highest BCUT2D eigenvalue weighted by molar-refractivity contribution is 5.92. The first-order valence-electron chi connectivity index (χ1n) is 8.56. The van der Waals surface area contributed by atoms with Crippen LogP contribution in [0.25, 0.3) is 0 Å². The Morgan fingerprint density at radius 2 is 1.96 bits per heavy atom. The number of hydrogen-bond donors (Lipinski definition) is 4. The minimum Gasteiger partial charge on any atom is -0.480 e. The van der Waals surface area contributed by atoms with Crippen molar-refractivity contribution in [3.8, 4) is 0 Å². The first-order valence-corrected chi connectivity index (χ1v) is 8.56. The number of amides is 3. The summed E-state index contributed by atoms with van der Waals surface area (Å²) in [7, 11) is 0. The third kappa shape index (κ3) is 5.70. The number of carboxylic acids is 1. The highest BCUT2D eigenvalue weighted by atomic mass is 16.4. The lowest BCUT2D eigenvalue weighted by Gasteiger charge is -2.31. The van der Waals surface area contributed by atoms with Gasteiger partial charge in [-0.25, -0.2) is 4.79 Å². The number of primary amides is 1. The molecular weight excluding hydrogens is 328 g/mol. The fourth-order valence-corrected chi connectivity index (χ4v) is 2.84. The molecule has 0 aromatic heterocycles. The first kappa shape index (κ1) is 20.9. The zero-order valence-corrected chi connectivity index (χ0v) is 14.7. The molecule has 0 aromatic carbocycles. The van der Waals surface area contributed by atoms with Crippen LogP contribution in [0.1, 0.15) is 46.0 Å². The Bertz CT molecular complexity index is 525. The molecule has 1 saturated heterocycles. The normalized spacial score (nSPS) is 20.6. The average molecular weight is 356 g/mol. The van der Waals surface area contributed by atoms with Crippen LogP contribution in [0.4, 0.5) is 0 Å². The van der Waals surface area contributed by atoms with Gasteiger partial charge in [-0.15, -0.1) is 0 Å². The van der Waals surface area contributed by atoms with Crippen molar-refractivity contribution in [2.24, 2.45) is 17.4 Å². The molecule has 0 radical (unpaired) electrons. The van der Waals surface area contributed by atoms with Crippen molar-refractivity contribution in [1.29, 1.82) is 0 Å². The maximum Gasteiger partial charge on any atom is 0.326 e. The van der Waals surface area contributed by atoms with Gasteiger partial charge in [0.05, 0.1) is 6.04 Å². The smallest absolute Gasteiger partial charge is 0.326 e. The van der Waals surface area contributed by atoms with E-state index in [0.29, 0.717) is 25.8 Å². The monoisotopic (exact) mass is 356 g/mol. The van der Waals surface area contributed by atoms with Crippen molar-refractivity contribution >= 4 is 23.7 Å². The van der Waals surface area contributed by atoms with Crippen molar-refractivity contribution in [1.82, 2.24) is 10.2 Å². The standard InChI is InChI=1S/C16H28N4O5/c1-3-9(2)13(19-14(22)10(17)6-7-12(18)21)15(23)20-8-4-5-11(20)16(24)25/h9-11,13H,3-8,17H2,1-2H3,(H2,18,21)(H,19,22)(H,24,25)/t9-,10-,11-,13-/m0/s1. The summed E-state index contributed by atoms with van der Waals surface area (Å²) in [5, 5.41) is 11.9. The van der Waals surface area contributed by atoms with Crippen LogP contribution in [0.2, 0.25) is 0 Å². The van der Waals surface area contributed by atoms with E-state index in [0.717, 1.165) is 0 Å². The van der Waals surface area contributed by atoms with Gasteiger partial charge in [-0.3, -0.25) is 14.4 Å². The SMILES string of the molecule is CC[C@H](C)[C@H](NC(=O)[C@@H](N)CCC(N)=O)C(=O)N1CCC[C@H]1C(=O)O. The van der Waals surface area contributed by atoms with Crippen LogP contribution in [0.5, 0.6) is 0 Å². The van der Waals surface area contributed by atoms with Crippen molar-refractivity contribution in [3.05, 3.63) is 0 Å². The van der Waals surface area contributed by atoms with Crippen LogP contribution >= 0.6 is 0 Å². The molecule has 0 spiro atoms. The Kier molecular flexibility index (Phi) is 7.82. The third-order valence-electron chi connectivity index (χ3n) is 4.64. The highest BCUT2D eigenvalue weighted by Crippen LogP contribution is 2.21. The van der Waals surface area contributed by atoms with E-state index in [2.05, 4.69) is 5.32 Å². The number of aliphatic carboxylic acids is 1. The summed E-state index contributed by atoms with van der Waals surface area (Å²) >= 11 is 0. The fraction of sp³-hybridized carbons (Fsp3) is 0.750. The molecule has 0 aromatic rings. The second-order valence-corrected chi connectivity index (χ2v) is 6.51. The highest BCUT2D eigenvalue weighted by Gasteiger charge is 2.39. The number of nitrogens with two attached hydrogens (primary N) is 2. The van der Waals surface area contributed by atoms with Crippen molar-refractivity contribution in [2.75, 3.05) is 6.54 Å². The maximum absolute atomic E-state index is 12.8. The van der Waals surface area contributed by atoms with Gasteiger partial charge in [0.15, 0.2) is 0 Å². The second-order valence-electron chi connectivity index (χ2n) is 6.51. The Morgan fingerprint density at radius 3 is 2.48 bits per heavy atom. The van der Waals surface area contributed by atoms with E-state index in [1.807, 2.05) is 13.8 Å². The van der Waals surface area contributed by atoms with Gasteiger partial charge in [0.2, 0.25) is 17.7 Å². The quantitative estimate of drug-likeness (QED) is 0.423. The van der Waals surface area contributed by atoms with Gasteiger partial charge < -0.3 is 26.8 Å². The summed E-state index contributed by atoms with van der Waals surface area (Å²) in [5.74, 6) is -2.74. The van der Waals surface area contributed by atoms with Gasteiger partial charge in [0.1, 0.15) is 12.1 Å². The van der Waals surface area contributed by atoms with Crippen LogP contribution in [0, 0.1) is 5.92 Å². The topological polar surface area (TPSA) is 156 Å². The van der Waals surface area contributed by atoms with E-state index in [4.69, 9.17) is 11.5 Å². The van der Waals surface area contributed by atoms with Crippen molar-refractivity contribution in [2.45, 2.75) is 64.1 Å². The van der Waals surface area contributed by atoms with Crippen LogP contribution in [-0.4, -0.2) is 58.4 Å². The molecule has 25 heavy (non-hydrogen) atoms. The van der Waals surface area contributed by atoms with Gasteiger partial charge >= 0.3 is 5.97 Å². The summed E-state index contributed by atoms with van der Waals surface area (Å²) in [6.07, 6.45) is 1.70. The molecule has 0 aliphatic carbocycles. The Labute approximate surface area is 147 Å². The molecule has 0 unspecified atom stereocenters. The largest absolute Gasteiger partial charge is 0.480 e. The van der Waals surface area contributed by atoms with Crippen molar-refractivity contribution < 1.29 is 24.3 Å². The molecule has 1 fully saturated rings. The number of likely N-dealkylation sites (tertiary alicyclic amines) is 1. The molecule has 1 aliphatic rings. The summed E-state index contributed by atoms with van der Waals surface area (Å²) in [4.78, 5) is 48.5. The minimum absolute atomic E-state index is 0.0241. The number of nitrogens with zero attached hydrogens (tertiary/aromatic N) is 1. The average Bonchev–Trinajstić information content (AvgIpc) is 3.05. The van der Waals surface area contributed by atoms with E-state index in [-0.39, 0.29) is 18.8 Å². The molecule has 4 atom stereocenters. The lowest BCUT2D eigenvalue weighted by Crippen LogP contribution is -2.56. The molecule has 1 aliphatic heterocycles. The third-order valence-corrected chi connectivity index (χ3v) is 4.64. The van der Waals surface area contributed by atoms with Gasteiger partial charge in [0.25, 0.3) is 0 Å². The van der Waals surface area contributed by atoms with Crippen LogP contribution in [0.15, 0.2) is 0 Å². The summed E-state index contributed by atoms with van der Waals surface area (Å²) in [5.41, 5.74) is 10.8. The van der Waals surface area contributed by atoms with E-state index in [1.54, 1.807) is 0 Å². The summed E-state index contributed by atoms with van der Waals surface area (Å²) in [6, 6.07) is -2.67. The maximum atomic E-state index is 12.8. The van der Waals surface area contributed by atoms with Crippen LogP contribution in [-0.2, 0) is 19.2 Å². The first-order chi connectivity index (χ1) is 11.7. The molecule has 0 saturated carbocycles. The zero-order valence-electron chi connectivity index (χ0n) is 14.7. The molecule has 6 N–H and O–H groups in total. The zero-order chi connectivity index (χ0) is 19.1. The molecule has 9 nitrogen and oxygen atoms in total. The fourth-order valence-electron chi connectivity index (χ4n) is 2.84. The van der Waals surface area contributed by atoms with E-state index in [9.17, 15) is 24.3 Å². The molecule has 0 bridgehead atoms. The van der Waals surface area contributed by atoms with Gasteiger partial charge in [0, 0.05) is 13.0 Å². The Morgan fingerprint density at radius 1 is 1.32 bits per heavy atom. The number of nitrogens with one attached hydrogen (secondary N) is 1. The number of carboxylic acid groups (broad SMARTS) is 1. The summed E-state index contributed by atoms with van der Waals surface area (Å²) in [6.45, 7) is 4.04. The van der Waals surface area contributed by atoms with Gasteiger partial charge in [-0.2, -0.15) is 0 Å². The van der Waals surface area contributed by atoms with Crippen molar-refractivity contribution in [3.63, 3.8) is 0 Å². The molecule has 142 valence electrons. The lowest BCUT2D eigenvalue weighted by atomic mass is 9.96. The molecule has 3 amide bonds. The Hall–Kier alpha value is -2.16. The predicted octanol–water partition coefficient (Wildman–Crippen LogP) is -0.814. The van der Waals surface area contributed by atoms with Gasteiger partial charge in [-0.05, 0) is 25.2 Å². The molecule has 9 heteroatoms. The molecule has 1 rings (SSSR count). The Balaban J connectivity index is 2.83. The lowest BCUT2D eigenvalue weighted by molar-refractivity contribution is -0.150.